The summed E-state index contributed by atoms with van der Waals surface area (Å²) in [6.07, 6.45) is 9.23. The number of nitrogens with one attached hydrogen (secondary N) is 1. The number of carbonyl (C=O) groups is 2. The van der Waals surface area contributed by atoms with E-state index in [1.165, 1.54) is 31.4 Å². The van der Waals surface area contributed by atoms with Crippen molar-refractivity contribution in [3.63, 3.8) is 0 Å². The van der Waals surface area contributed by atoms with E-state index in [1.54, 1.807) is 19.1 Å². The Balaban J connectivity index is 1.32. The molecule has 26 heavy (non-hydrogen) atoms. The number of hydrogen-bond donors (Lipinski definition) is 1. The Hall–Kier alpha value is -1.56. The highest BCUT2D eigenvalue weighted by Gasteiger charge is 2.51. The lowest BCUT2D eigenvalue weighted by Gasteiger charge is -2.57. The lowest BCUT2D eigenvalue weighted by atomic mass is 9.53. The van der Waals surface area contributed by atoms with Crippen molar-refractivity contribution in [2.45, 2.75) is 57.1 Å². The third kappa shape index (κ3) is 3.75. The Bertz CT molecular complexity index is 703. The molecule has 140 valence electrons. The first-order valence-corrected chi connectivity index (χ1v) is 10.2. The Kier molecular flexibility index (Phi) is 4.71. The summed E-state index contributed by atoms with van der Waals surface area (Å²) in [6, 6.07) is 3.48. The van der Waals surface area contributed by atoms with Crippen LogP contribution in [0.3, 0.4) is 0 Å². The van der Waals surface area contributed by atoms with Gasteiger partial charge in [-0.1, -0.05) is 0 Å². The number of rotatable bonds is 5. The van der Waals surface area contributed by atoms with E-state index in [4.69, 9.17) is 9.15 Å². The van der Waals surface area contributed by atoms with Crippen LogP contribution in [0.1, 0.15) is 51.2 Å². The summed E-state index contributed by atoms with van der Waals surface area (Å²) in [5.74, 6) is 2.08. The molecule has 0 spiro atoms. The lowest BCUT2D eigenvalue weighted by molar-refractivity contribution is -0.152. The summed E-state index contributed by atoms with van der Waals surface area (Å²) in [7, 11) is 0. The average molecular weight is 422 g/mol. The van der Waals surface area contributed by atoms with Gasteiger partial charge in [-0.3, -0.25) is 4.79 Å². The Morgan fingerprint density at radius 3 is 2.38 bits per heavy atom. The topological polar surface area (TPSA) is 68.5 Å². The van der Waals surface area contributed by atoms with Crippen molar-refractivity contribution in [3.05, 3.63) is 28.6 Å². The van der Waals surface area contributed by atoms with Gasteiger partial charge in [0.15, 0.2) is 10.8 Å². The van der Waals surface area contributed by atoms with Crippen LogP contribution >= 0.6 is 15.9 Å². The molecule has 4 saturated carbocycles. The fourth-order valence-electron chi connectivity index (χ4n) is 5.46. The summed E-state index contributed by atoms with van der Waals surface area (Å²) in [4.78, 5) is 24.6. The number of halogens is 1. The second-order valence-electron chi connectivity index (χ2n) is 8.24. The molecular weight excluding hydrogens is 398 g/mol. The highest BCUT2D eigenvalue weighted by molar-refractivity contribution is 9.10. The normalized spacial score (nSPS) is 33.4. The molecule has 1 amide bonds. The second kappa shape index (κ2) is 6.87. The zero-order chi connectivity index (χ0) is 18.3. The number of carbonyl (C=O) groups excluding carboxylic acids is 2. The van der Waals surface area contributed by atoms with E-state index in [-0.39, 0.29) is 11.4 Å². The van der Waals surface area contributed by atoms with Gasteiger partial charge in [0.1, 0.15) is 5.76 Å². The van der Waals surface area contributed by atoms with Crippen LogP contribution in [0.15, 0.2) is 27.3 Å². The smallest absolute Gasteiger partial charge is 0.331 e. The van der Waals surface area contributed by atoms with Crippen molar-refractivity contribution in [3.8, 4) is 0 Å². The minimum atomic E-state index is -0.802. The van der Waals surface area contributed by atoms with E-state index in [1.807, 2.05) is 0 Å². The molecule has 6 heteroatoms. The molecule has 5 nitrogen and oxygen atoms in total. The molecule has 0 saturated heterocycles. The summed E-state index contributed by atoms with van der Waals surface area (Å²) in [6.45, 7) is 1.63. The monoisotopic (exact) mass is 421 g/mol. The number of furan rings is 1. The van der Waals surface area contributed by atoms with Crippen LogP contribution < -0.4 is 5.32 Å². The highest BCUT2D eigenvalue weighted by Crippen LogP contribution is 2.55. The molecule has 4 bridgehead atoms. The molecule has 1 aromatic rings. The van der Waals surface area contributed by atoms with Crippen molar-refractivity contribution < 1.29 is 18.7 Å². The predicted octanol–water partition coefficient (Wildman–Crippen LogP) is 4.07. The largest absolute Gasteiger partial charge is 0.450 e. The Morgan fingerprint density at radius 1 is 1.23 bits per heavy atom. The van der Waals surface area contributed by atoms with Crippen LogP contribution in [0.4, 0.5) is 0 Å². The van der Waals surface area contributed by atoms with Crippen molar-refractivity contribution >= 4 is 33.9 Å². The summed E-state index contributed by atoms with van der Waals surface area (Å²) in [5.41, 5.74) is -0.0667. The maximum Gasteiger partial charge on any atom is 0.331 e. The van der Waals surface area contributed by atoms with Crippen LogP contribution in [0.2, 0.25) is 0 Å². The van der Waals surface area contributed by atoms with Crippen molar-refractivity contribution in [2.75, 3.05) is 0 Å². The van der Waals surface area contributed by atoms with Crippen LogP contribution in [-0.4, -0.2) is 23.5 Å². The molecule has 0 unspecified atom stereocenters. The number of amides is 1. The minimum Gasteiger partial charge on any atom is -0.450 e. The number of esters is 1. The fraction of sp³-hybridized carbons (Fsp3) is 0.600. The molecule has 4 aliphatic carbocycles. The molecule has 1 heterocycles. The maximum absolute atomic E-state index is 12.6. The van der Waals surface area contributed by atoms with Crippen LogP contribution in [0.5, 0.6) is 0 Å². The lowest BCUT2D eigenvalue weighted by Crippen LogP contribution is -2.61. The Morgan fingerprint density at radius 2 is 1.85 bits per heavy atom. The molecule has 1 N–H and O–H groups in total. The van der Waals surface area contributed by atoms with E-state index in [0.717, 1.165) is 37.0 Å². The van der Waals surface area contributed by atoms with E-state index in [0.29, 0.717) is 10.4 Å². The van der Waals surface area contributed by atoms with Gasteiger partial charge in [-0.2, -0.15) is 0 Å². The van der Waals surface area contributed by atoms with Crippen molar-refractivity contribution in [1.82, 2.24) is 5.32 Å². The standard InChI is InChI=1S/C20H24BrNO4/c1-12(25-18(23)5-3-16-2-4-17(21)26-16)19(24)22-20-9-13-6-14(10-20)8-15(7-13)11-20/h2-5,12-15H,6-11H2,1H3,(H,22,24)/b5-3+/t12-,13?,14?,15?,20?/m1/s1. The number of ether oxygens (including phenoxy) is 1. The van der Waals surface area contributed by atoms with Gasteiger partial charge in [-0.15, -0.1) is 0 Å². The fourth-order valence-corrected chi connectivity index (χ4v) is 5.78. The van der Waals surface area contributed by atoms with E-state index < -0.39 is 12.1 Å². The van der Waals surface area contributed by atoms with Gasteiger partial charge in [-0.05, 0) is 97.3 Å². The first-order valence-electron chi connectivity index (χ1n) is 9.37. The molecule has 4 fully saturated rings. The summed E-state index contributed by atoms with van der Waals surface area (Å²) in [5, 5.41) is 3.24. The number of hydrogen-bond acceptors (Lipinski definition) is 4. The molecule has 0 radical (unpaired) electrons. The average Bonchev–Trinajstić information content (AvgIpc) is 2.96. The van der Waals surface area contributed by atoms with E-state index in [9.17, 15) is 9.59 Å². The van der Waals surface area contributed by atoms with Gasteiger partial charge < -0.3 is 14.5 Å². The quantitative estimate of drug-likeness (QED) is 0.574. The third-order valence-electron chi connectivity index (χ3n) is 6.07. The van der Waals surface area contributed by atoms with Crippen LogP contribution in [-0.2, 0) is 14.3 Å². The van der Waals surface area contributed by atoms with Gasteiger partial charge in [-0.25, -0.2) is 4.79 Å². The first-order chi connectivity index (χ1) is 12.4. The molecule has 0 aromatic carbocycles. The van der Waals surface area contributed by atoms with Crippen LogP contribution in [0, 0.1) is 17.8 Å². The van der Waals surface area contributed by atoms with Gasteiger partial charge in [0.25, 0.3) is 5.91 Å². The van der Waals surface area contributed by atoms with Gasteiger partial charge in [0.05, 0.1) is 0 Å². The Labute approximate surface area is 161 Å². The van der Waals surface area contributed by atoms with E-state index in [2.05, 4.69) is 21.2 Å². The molecule has 1 atom stereocenters. The minimum absolute atomic E-state index is 0.0667. The van der Waals surface area contributed by atoms with Gasteiger partial charge >= 0.3 is 5.97 Å². The van der Waals surface area contributed by atoms with Crippen LogP contribution in [0.25, 0.3) is 6.08 Å². The molecular formula is C20H24BrNO4. The third-order valence-corrected chi connectivity index (χ3v) is 6.49. The molecule has 4 aliphatic rings. The van der Waals surface area contributed by atoms with Crippen molar-refractivity contribution in [2.24, 2.45) is 17.8 Å². The van der Waals surface area contributed by atoms with E-state index >= 15 is 0 Å². The van der Waals surface area contributed by atoms with Crippen molar-refractivity contribution in [1.29, 1.82) is 0 Å². The molecule has 1 aromatic heterocycles. The van der Waals surface area contributed by atoms with Gasteiger partial charge in [0.2, 0.25) is 0 Å². The van der Waals surface area contributed by atoms with Gasteiger partial charge in [0, 0.05) is 11.6 Å². The first kappa shape index (κ1) is 17.8. The zero-order valence-corrected chi connectivity index (χ0v) is 16.5. The SMILES string of the molecule is C[C@@H](OC(=O)/C=C/c1ccc(Br)o1)C(=O)NC12CC3CC(CC(C3)C1)C2. The summed E-state index contributed by atoms with van der Waals surface area (Å²) >= 11 is 3.20. The molecule has 5 rings (SSSR count). The second-order valence-corrected chi connectivity index (χ2v) is 9.02. The zero-order valence-electron chi connectivity index (χ0n) is 14.9. The maximum atomic E-state index is 12.6. The summed E-state index contributed by atoms with van der Waals surface area (Å²) < 4.78 is 11.1. The predicted molar refractivity (Wildman–Crippen MR) is 100 cm³/mol. The molecule has 0 aliphatic heterocycles. The highest BCUT2D eigenvalue weighted by atomic mass is 79.9.